The zero-order valence-electron chi connectivity index (χ0n) is 10.8. The highest BCUT2D eigenvalue weighted by Crippen LogP contribution is 2.27. The summed E-state index contributed by atoms with van der Waals surface area (Å²) in [7, 11) is 1.73. The van der Waals surface area contributed by atoms with Gasteiger partial charge in [-0.05, 0) is 26.0 Å². The smallest absolute Gasteiger partial charge is 0.227 e. The number of hydrogen-bond donors (Lipinski definition) is 1. The number of aryl methyl sites for hydroxylation is 1. The van der Waals surface area contributed by atoms with Crippen molar-refractivity contribution in [1.82, 2.24) is 9.97 Å². The standard InChI is InChI=1S/C13H13F2N3O/c1-7-12(16-3)17-8(2)18-13(7)19-9-4-5-10(14)11(15)6-9/h4-6H,1-3H3,(H,16,17,18). The van der Waals surface area contributed by atoms with E-state index in [4.69, 9.17) is 4.74 Å². The lowest BCUT2D eigenvalue weighted by molar-refractivity contribution is 0.442. The monoisotopic (exact) mass is 265 g/mol. The molecule has 2 aromatic rings. The summed E-state index contributed by atoms with van der Waals surface area (Å²) in [6, 6.07) is 3.33. The molecule has 0 amide bonds. The highest BCUT2D eigenvalue weighted by atomic mass is 19.2. The molecule has 0 bridgehead atoms. The van der Waals surface area contributed by atoms with Crippen LogP contribution in [0.3, 0.4) is 0 Å². The van der Waals surface area contributed by atoms with Gasteiger partial charge in [0.2, 0.25) is 5.88 Å². The predicted octanol–water partition coefficient (Wildman–Crippen LogP) is 3.21. The molecule has 2 rings (SSSR count). The Bertz CT molecular complexity index is 617. The maximum absolute atomic E-state index is 13.1. The third-order valence-corrected chi connectivity index (χ3v) is 2.56. The molecule has 0 atom stereocenters. The fourth-order valence-corrected chi connectivity index (χ4v) is 1.60. The van der Waals surface area contributed by atoms with Gasteiger partial charge in [-0.1, -0.05) is 0 Å². The van der Waals surface area contributed by atoms with E-state index in [1.807, 2.05) is 0 Å². The van der Waals surface area contributed by atoms with Crippen LogP contribution in [0.5, 0.6) is 11.6 Å². The molecule has 0 aliphatic heterocycles. The molecule has 1 heterocycles. The van der Waals surface area contributed by atoms with E-state index in [9.17, 15) is 8.78 Å². The Morgan fingerprint density at radius 2 is 1.84 bits per heavy atom. The number of nitrogens with zero attached hydrogens (tertiary/aromatic N) is 2. The molecule has 4 nitrogen and oxygen atoms in total. The van der Waals surface area contributed by atoms with Crippen molar-refractivity contribution < 1.29 is 13.5 Å². The highest BCUT2D eigenvalue weighted by molar-refractivity contribution is 5.49. The topological polar surface area (TPSA) is 47.0 Å². The zero-order chi connectivity index (χ0) is 14.0. The van der Waals surface area contributed by atoms with Crippen molar-refractivity contribution in [2.24, 2.45) is 0 Å². The van der Waals surface area contributed by atoms with Crippen LogP contribution in [0.2, 0.25) is 0 Å². The van der Waals surface area contributed by atoms with Gasteiger partial charge in [0.1, 0.15) is 17.4 Å². The molecule has 0 saturated carbocycles. The molecule has 19 heavy (non-hydrogen) atoms. The van der Waals surface area contributed by atoms with Crippen LogP contribution >= 0.6 is 0 Å². The van der Waals surface area contributed by atoms with E-state index in [2.05, 4.69) is 15.3 Å². The molecule has 100 valence electrons. The van der Waals surface area contributed by atoms with Crippen LogP contribution < -0.4 is 10.1 Å². The number of nitrogens with one attached hydrogen (secondary N) is 1. The number of hydrogen-bond acceptors (Lipinski definition) is 4. The normalized spacial score (nSPS) is 10.4. The third kappa shape index (κ3) is 2.78. The largest absolute Gasteiger partial charge is 0.438 e. The second-order valence-corrected chi connectivity index (χ2v) is 3.98. The van der Waals surface area contributed by atoms with E-state index >= 15 is 0 Å². The number of anilines is 1. The zero-order valence-corrected chi connectivity index (χ0v) is 10.8. The van der Waals surface area contributed by atoms with Gasteiger partial charge in [-0.2, -0.15) is 4.98 Å². The van der Waals surface area contributed by atoms with Crippen molar-refractivity contribution in [2.75, 3.05) is 12.4 Å². The van der Waals surface area contributed by atoms with E-state index in [1.54, 1.807) is 20.9 Å². The average Bonchev–Trinajstić information content (AvgIpc) is 2.37. The van der Waals surface area contributed by atoms with Crippen molar-refractivity contribution >= 4 is 5.82 Å². The van der Waals surface area contributed by atoms with Crippen LogP contribution in [0.4, 0.5) is 14.6 Å². The molecular weight excluding hydrogens is 252 g/mol. The lowest BCUT2D eigenvalue weighted by atomic mass is 10.3. The minimum absolute atomic E-state index is 0.183. The van der Waals surface area contributed by atoms with Gasteiger partial charge in [-0.3, -0.25) is 0 Å². The van der Waals surface area contributed by atoms with Crippen LogP contribution in [-0.2, 0) is 0 Å². The van der Waals surface area contributed by atoms with Gasteiger partial charge in [-0.25, -0.2) is 13.8 Å². The second kappa shape index (κ2) is 5.17. The van der Waals surface area contributed by atoms with E-state index in [1.165, 1.54) is 6.07 Å². The second-order valence-electron chi connectivity index (χ2n) is 3.98. The van der Waals surface area contributed by atoms with Crippen molar-refractivity contribution in [3.63, 3.8) is 0 Å². The van der Waals surface area contributed by atoms with E-state index in [-0.39, 0.29) is 5.75 Å². The first-order valence-corrected chi connectivity index (χ1v) is 5.67. The molecule has 0 aliphatic carbocycles. The van der Waals surface area contributed by atoms with Gasteiger partial charge in [0.25, 0.3) is 0 Å². The van der Waals surface area contributed by atoms with E-state index in [0.29, 0.717) is 23.1 Å². The number of halogens is 2. The van der Waals surface area contributed by atoms with Gasteiger partial charge in [0.05, 0.1) is 5.56 Å². The van der Waals surface area contributed by atoms with Gasteiger partial charge >= 0.3 is 0 Å². The van der Waals surface area contributed by atoms with E-state index < -0.39 is 11.6 Å². The van der Waals surface area contributed by atoms with Crippen molar-refractivity contribution in [3.8, 4) is 11.6 Å². The number of ether oxygens (including phenoxy) is 1. The molecule has 0 spiro atoms. The minimum atomic E-state index is -0.963. The van der Waals surface area contributed by atoms with Crippen LogP contribution in [0, 0.1) is 25.5 Å². The Morgan fingerprint density at radius 3 is 2.47 bits per heavy atom. The Labute approximate surface area is 109 Å². The third-order valence-electron chi connectivity index (χ3n) is 2.56. The first-order chi connectivity index (χ1) is 9.01. The van der Waals surface area contributed by atoms with Crippen molar-refractivity contribution in [2.45, 2.75) is 13.8 Å². The number of rotatable bonds is 3. The molecule has 0 saturated heterocycles. The van der Waals surface area contributed by atoms with Crippen LogP contribution in [0.15, 0.2) is 18.2 Å². The summed E-state index contributed by atoms with van der Waals surface area (Å²) in [6.07, 6.45) is 0. The molecule has 0 radical (unpaired) electrons. The lowest BCUT2D eigenvalue weighted by Crippen LogP contribution is -2.03. The summed E-state index contributed by atoms with van der Waals surface area (Å²) in [5.74, 6) is -0.240. The van der Waals surface area contributed by atoms with Crippen LogP contribution in [0.25, 0.3) is 0 Å². The van der Waals surface area contributed by atoms with Gasteiger partial charge < -0.3 is 10.1 Å². The quantitative estimate of drug-likeness (QED) is 0.925. The first kappa shape index (κ1) is 13.2. The molecule has 6 heteroatoms. The van der Waals surface area contributed by atoms with Crippen molar-refractivity contribution in [1.29, 1.82) is 0 Å². The minimum Gasteiger partial charge on any atom is -0.438 e. The van der Waals surface area contributed by atoms with Gasteiger partial charge in [-0.15, -0.1) is 0 Å². The molecule has 0 fully saturated rings. The fraction of sp³-hybridized carbons (Fsp3) is 0.231. The summed E-state index contributed by atoms with van der Waals surface area (Å²) >= 11 is 0. The maximum atomic E-state index is 13.1. The van der Waals surface area contributed by atoms with Crippen LogP contribution in [-0.4, -0.2) is 17.0 Å². The lowest BCUT2D eigenvalue weighted by Gasteiger charge is -2.11. The molecule has 0 unspecified atom stereocenters. The van der Waals surface area contributed by atoms with Gasteiger partial charge in [0, 0.05) is 13.1 Å². The fourth-order valence-electron chi connectivity index (χ4n) is 1.60. The Kier molecular flexibility index (Phi) is 3.59. The molecule has 1 aromatic heterocycles. The van der Waals surface area contributed by atoms with Crippen LogP contribution in [0.1, 0.15) is 11.4 Å². The average molecular weight is 265 g/mol. The summed E-state index contributed by atoms with van der Waals surface area (Å²) in [6.45, 7) is 3.50. The Balaban J connectivity index is 2.37. The number of aromatic nitrogens is 2. The summed E-state index contributed by atoms with van der Waals surface area (Å²) in [5.41, 5.74) is 0.692. The maximum Gasteiger partial charge on any atom is 0.227 e. The predicted molar refractivity (Wildman–Crippen MR) is 67.5 cm³/mol. The van der Waals surface area contributed by atoms with Gasteiger partial charge in [0.15, 0.2) is 11.6 Å². The van der Waals surface area contributed by atoms with E-state index in [0.717, 1.165) is 12.1 Å². The van der Waals surface area contributed by atoms with Crippen molar-refractivity contribution in [3.05, 3.63) is 41.2 Å². The summed E-state index contributed by atoms with van der Waals surface area (Å²) in [4.78, 5) is 8.33. The molecule has 0 aliphatic rings. The highest BCUT2D eigenvalue weighted by Gasteiger charge is 2.11. The SMILES string of the molecule is CNc1nc(C)nc(Oc2ccc(F)c(F)c2)c1C. The molecule has 1 N–H and O–H groups in total. The first-order valence-electron chi connectivity index (χ1n) is 5.67. The Morgan fingerprint density at radius 1 is 1.11 bits per heavy atom. The summed E-state index contributed by atoms with van der Waals surface area (Å²) in [5, 5.41) is 2.92. The summed E-state index contributed by atoms with van der Waals surface area (Å²) < 4.78 is 31.4. The number of benzene rings is 1. The molecule has 1 aromatic carbocycles. The Hall–Kier alpha value is -2.24. The molecular formula is C13H13F2N3O.